The van der Waals surface area contributed by atoms with Gasteiger partial charge in [0.25, 0.3) is 5.56 Å². The fourth-order valence-electron chi connectivity index (χ4n) is 1.58. The van der Waals surface area contributed by atoms with Gasteiger partial charge in [0, 0.05) is 23.8 Å². The summed E-state index contributed by atoms with van der Waals surface area (Å²) in [6.07, 6.45) is 1.28. The summed E-state index contributed by atoms with van der Waals surface area (Å²) in [5.74, 6) is -0.325. The first-order chi connectivity index (χ1) is 9.54. The highest BCUT2D eigenvalue weighted by Gasteiger charge is 2.04. The van der Waals surface area contributed by atoms with Gasteiger partial charge < -0.3 is 5.32 Å². The zero-order valence-electron chi connectivity index (χ0n) is 10.4. The second kappa shape index (κ2) is 6.21. The molecular weight excluding hydrogens is 282 g/mol. The van der Waals surface area contributed by atoms with Crippen molar-refractivity contribution in [1.29, 1.82) is 0 Å². The molecule has 0 saturated carbocycles. The number of nitrogens with zero attached hydrogens (tertiary/aromatic N) is 1. The SMILES string of the molecule is O=C(Cn1ccc(=O)[nH]c1=O)NCc1ccc(Cl)cc1. The molecule has 0 unspecified atom stereocenters. The second-order valence-corrected chi connectivity index (χ2v) is 4.58. The fraction of sp³-hybridized carbons (Fsp3) is 0.154. The van der Waals surface area contributed by atoms with Gasteiger partial charge in [0.15, 0.2) is 0 Å². The molecule has 0 fully saturated rings. The van der Waals surface area contributed by atoms with Gasteiger partial charge >= 0.3 is 5.69 Å². The molecule has 0 saturated heterocycles. The third-order valence-electron chi connectivity index (χ3n) is 2.61. The molecule has 0 bridgehead atoms. The second-order valence-electron chi connectivity index (χ2n) is 4.14. The van der Waals surface area contributed by atoms with Crippen LogP contribution in [0.15, 0.2) is 46.1 Å². The lowest BCUT2D eigenvalue weighted by molar-refractivity contribution is -0.121. The number of rotatable bonds is 4. The molecule has 104 valence electrons. The minimum absolute atomic E-state index is 0.150. The molecule has 0 aliphatic carbocycles. The number of carbonyl (C=O) groups excluding carboxylic acids is 1. The number of amides is 1. The van der Waals surface area contributed by atoms with Crippen LogP contribution in [0.1, 0.15) is 5.56 Å². The molecule has 1 aromatic carbocycles. The highest BCUT2D eigenvalue weighted by molar-refractivity contribution is 6.30. The Morgan fingerprint density at radius 2 is 1.90 bits per heavy atom. The van der Waals surface area contributed by atoms with Crippen LogP contribution < -0.4 is 16.6 Å². The predicted molar refractivity (Wildman–Crippen MR) is 74.6 cm³/mol. The van der Waals surface area contributed by atoms with Crippen molar-refractivity contribution in [2.24, 2.45) is 0 Å². The maximum Gasteiger partial charge on any atom is 0.328 e. The minimum Gasteiger partial charge on any atom is -0.350 e. The molecule has 0 aliphatic heterocycles. The average Bonchev–Trinajstić information content (AvgIpc) is 2.41. The molecule has 2 rings (SSSR count). The molecule has 2 N–H and O–H groups in total. The lowest BCUT2D eigenvalue weighted by Crippen LogP contribution is -2.35. The molecular formula is C13H12ClN3O3. The zero-order chi connectivity index (χ0) is 14.5. The molecule has 0 spiro atoms. The smallest absolute Gasteiger partial charge is 0.328 e. The molecule has 2 aromatic rings. The van der Waals surface area contributed by atoms with E-state index in [1.165, 1.54) is 12.3 Å². The lowest BCUT2D eigenvalue weighted by Gasteiger charge is -2.07. The first kappa shape index (κ1) is 14.1. The van der Waals surface area contributed by atoms with Crippen LogP contribution >= 0.6 is 11.6 Å². The lowest BCUT2D eigenvalue weighted by atomic mass is 10.2. The Hall–Kier alpha value is -2.34. The van der Waals surface area contributed by atoms with E-state index in [0.717, 1.165) is 10.1 Å². The van der Waals surface area contributed by atoms with E-state index in [4.69, 9.17) is 11.6 Å². The number of aromatic nitrogens is 2. The number of benzene rings is 1. The van der Waals surface area contributed by atoms with Crippen LogP contribution in [0.25, 0.3) is 0 Å². The van der Waals surface area contributed by atoms with Crippen LogP contribution in [0, 0.1) is 0 Å². The molecule has 0 aliphatic rings. The number of nitrogens with one attached hydrogen (secondary N) is 2. The Labute approximate surface area is 119 Å². The van der Waals surface area contributed by atoms with Crippen LogP contribution in [0.5, 0.6) is 0 Å². The van der Waals surface area contributed by atoms with Crippen LogP contribution in [0.3, 0.4) is 0 Å². The van der Waals surface area contributed by atoms with Gasteiger partial charge in [-0.2, -0.15) is 0 Å². The van der Waals surface area contributed by atoms with Gasteiger partial charge in [-0.3, -0.25) is 19.1 Å². The van der Waals surface area contributed by atoms with Gasteiger partial charge in [0.2, 0.25) is 5.91 Å². The molecule has 6 nitrogen and oxygen atoms in total. The van der Waals surface area contributed by atoms with Crippen molar-refractivity contribution in [2.75, 3.05) is 0 Å². The number of halogens is 1. The maximum absolute atomic E-state index is 11.7. The quantitative estimate of drug-likeness (QED) is 0.861. The first-order valence-electron chi connectivity index (χ1n) is 5.85. The highest BCUT2D eigenvalue weighted by atomic mass is 35.5. The largest absolute Gasteiger partial charge is 0.350 e. The number of hydrogen-bond acceptors (Lipinski definition) is 3. The molecule has 20 heavy (non-hydrogen) atoms. The van der Waals surface area contributed by atoms with E-state index < -0.39 is 11.2 Å². The van der Waals surface area contributed by atoms with Gasteiger partial charge in [-0.25, -0.2) is 4.79 Å². The Bertz CT molecular complexity index is 719. The van der Waals surface area contributed by atoms with Crippen molar-refractivity contribution in [3.05, 3.63) is 68.0 Å². The fourth-order valence-corrected chi connectivity index (χ4v) is 1.71. The molecule has 0 atom stereocenters. The van der Waals surface area contributed by atoms with Crippen molar-refractivity contribution in [1.82, 2.24) is 14.9 Å². The number of carbonyl (C=O) groups is 1. The number of hydrogen-bond donors (Lipinski definition) is 2. The highest BCUT2D eigenvalue weighted by Crippen LogP contribution is 2.08. The van der Waals surface area contributed by atoms with Crippen LogP contribution in [-0.4, -0.2) is 15.5 Å². The normalized spacial score (nSPS) is 10.2. The molecule has 1 aromatic heterocycles. The molecule has 0 radical (unpaired) electrons. The Morgan fingerprint density at radius 1 is 1.20 bits per heavy atom. The van der Waals surface area contributed by atoms with E-state index in [1.54, 1.807) is 24.3 Å². The monoisotopic (exact) mass is 293 g/mol. The summed E-state index contributed by atoms with van der Waals surface area (Å²) in [4.78, 5) is 36.1. The minimum atomic E-state index is -0.612. The zero-order valence-corrected chi connectivity index (χ0v) is 11.2. The van der Waals surface area contributed by atoms with Crippen LogP contribution in [0.2, 0.25) is 5.02 Å². The van der Waals surface area contributed by atoms with Gasteiger partial charge in [0.05, 0.1) is 0 Å². The molecule has 1 heterocycles. The van der Waals surface area contributed by atoms with E-state index in [0.29, 0.717) is 11.6 Å². The Kier molecular flexibility index (Phi) is 4.37. The summed E-state index contributed by atoms with van der Waals surface area (Å²) < 4.78 is 1.12. The third-order valence-corrected chi connectivity index (χ3v) is 2.87. The van der Waals surface area contributed by atoms with Crippen molar-refractivity contribution >= 4 is 17.5 Å². The van der Waals surface area contributed by atoms with Gasteiger partial charge in [-0.05, 0) is 17.7 Å². The van der Waals surface area contributed by atoms with E-state index in [-0.39, 0.29) is 12.5 Å². The topological polar surface area (TPSA) is 84.0 Å². The summed E-state index contributed by atoms with van der Waals surface area (Å²) in [6, 6.07) is 8.25. The summed E-state index contributed by atoms with van der Waals surface area (Å²) in [6.45, 7) is 0.192. The van der Waals surface area contributed by atoms with E-state index in [2.05, 4.69) is 10.3 Å². The van der Waals surface area contributed by atoms with E-state index in [9.17, 15) is 14.4 Å². The van der Waals surface area contributed by atoms with Gasteiger partial charge in [-0.1, -0.05) is 23.7 Å². The third kappa shape index (κ3) is 3.83. The van der Waals surface area contributed by atoms with Gasteiger partial charge in [-0.15, -0.1) is 0 Å². The summed E-state index contributed by atoms with van der Waals surface area (Å²) in [5, 5.41) is 3.30. The summed E-state index contributed by atoms with van der Waals surface area (Å²) in [5.41, 5.74) is -0.205. The van der Waals surface area contributed by atoms with Crippen molar-refractivity contribution in [3.63, 3.8) is 0 Å². The predicted octanol–water partition coefficient (Wildman–Crippen LogP) is 0.506. The maximum atomic E-state index is 11.7. The van der Waals surface area contributed by atoms with E-state index >= 15 is 0 Å². The van der Waals surface area contributed by atoms with E-state index in [1.807, 2.05) is 0 Å². The van der Waals surface area contributed by atoms with Crippen molar-refractivity contribution in [2.45, 2.75) is 13.1 Å². The van der Waals surface area contributed by atoms with Crippen LogP contribution in [-0.2, 0) is 17.9 Å². The van der Waals surface area contributed by atoms with Crippen molar-refractivity contribution < 1.29 is 4.79 Å². The number of H-pyrrole nitrogens is 1. The standard InChI is InChI=1S/C13H12ClN3O3/c14-10-3-1-9(2-4-10)7-15-12(19)8-17-6-5-11(18)16-13(17)20/h1-6H,7-8H2,(H,15,19)(H,16,18,20). The van der Waals surface area contributed by atoms with Crippen LogP contribution in [0.4, 0.5) is 0 Å². The Balaban J connectivity index is 1.94. The first-order valence-corrected chi connectivity index (χ1v) is 6.23. The van der Waals surface area contributed by atoms with Crippen molar-refractivity contribution in [3.8, 4) is 0 Å². The summed E-state index contributed by atoms with van der Waals surface area (Å²) >= 11 is 5.76. The summed E-state index contributed by atoms with van der Waals surface area (Å²) in [7, 11) is 0. The number of aromatic amines is 1. The average molecular weight is 294 g/mol. The Morgan fingerprint density at radius 3 is 2.55 bits per heavy atom. The molecule has 7 heteroatoms. The molecule has 1 amide bonds. The van der Waals surface area contributed by atoms with Gasteiger partial charge in [0.1, 0.15) is 6.54 Å².